The number of hydrogen-bond acceptors (Lipinski definition) is 4. The van der Waals surface area contributed by atoms with E-state index in [-0.39, 0.29) is 25.8 Å². The van der Waals surface area contributed by atoms with E-state index in [1.54, 1.807) is 5.48 Å². The van der Waals surface area contributed by atoms with E-state index in [2.05, 4.69) is 5.32 Å². The number of carboxylic acids is 1. The highest BCUT2D eigenvalue weighted by Gasteiger charge is 2.34. The highest BCUT2D eigenvalue weighted by atomic mass is 16.5. The van der Waals surface area contributed by atoms with Gasteiger partial charge in [0, 0.05) is 6.54 Å². The Kier molecular flexibility index (Phi) is 8.17. The van der Waals surface area contributed by atoms with E-state index in [0.29, 0.717) is 0 Å². The quantitative estimate of drug-likeness (QED) is 0.368. The third-order valence-electron chi connectivity index (χ3n) is 4.50. The predicted octanol–water partition coefficient (Wildman–Crippen LogP) is 1.80. The summed E-state index contributed by atoms with van der Waals surface area (Å²) in [6.07, 6.45) is 0.334. The molecule has 2 rings (SSSR count). The van der Waals surface area contributed by atoms with Gasteiger partial charge in [-0.15, -0.1) is 0 Å². The highest BCUT2D eigenvalue weighted by Crippen LogP contribution is 2.23. The van der Waals surface area contributed by atoms with Crippen LogP contribution in [0.15, 0.2) is 60.7 Å². The number of benzene rings is 2. The molecule has 0 aliphatic carbocycles. The van der Waals surface area contributed by atoms with Gasteiger partial charge in [0.25, 0.3) is 0 Å². The summed E-state index contributed by atoms with van der Waals surface area (Å²) in [6.45, 7) is -0.0295. The SMILES string of the molecule is O=C(O)CCNC(=O)[C@H](Cc1ccccc1)[C@@H](Cc1ccccc1)C(=O)NO. The second kappa shape index (κ2) is 10.8. The van der Waals surface area contributed by atoms with Crippen molar-refractivity contribution in [3.63, 3.8) is 0 Å². The number of hydroxylamine groups is 1. The van der Waals surface area contributed by atoms with Gasteiger partial charge in [0.05, 0.1) is 18.3 Å². The van der Waals surface area contributed by atoms with Gasteiger partial charge in [0.1, 0.15) is 0 Å². The molecule has 0 fully saturated rings. The number of carboxylic acid groups (broad SMARTS) is 1. The summed E-state index contributed by atoms with van der Waals surface area (Å²) >= 11 is 0. The Balaban J connectivity index is 2.26. The smallest absolute Gasteiger partial charge is 0.305 e. The first-order valence-electron chi connectivity index (χ1n) is 9.02. The molecule has 2 amide bonds. The number of amides is 2. The van der Waals surface area contributed by atoms with Crippen LogP contribution in [-0.2, 0) is 27.2 Å². The number of rotatable bonds is 10. The van der Waals surface area contributed by atoms with Crippen molar-refractivity contribution in [2.24, 2.45) is 11.8 Å². The van der Waals surface area contributed by atoms with Crippen molar-refractivity contribution in [1.82, 2.24) is 10.8 Å². The van der Waals surface area contributed by atoms with E-state index in [1.165, 1.54) is 0 Å². The van der Waals surface area contributed by atoms with Gasteiger partial charge in [0.15, 0.2) is 0 Å². The van der Waals surface area contributed by atoms with E-state index >= 15 is 0 Å². The van der Waals surface area contributed by atoms with E-state index in [1.807, 2.05) is 60.7 Å². The van der Waals surface area contributed by atoms with Crippen molar-refractivity contribution >= 4 is 17.8 Å². The second-order valence-corrected chi connectivity index (χ2v) is 6.50. The Bertz CT molecular complexity index is 780. The zero-order chi connectivity index (χ0) is 20.4. The predicted molar refractivity (Wildman–Crippen MR) is 102 cm³/mol. The number of aliphatic carboxylic acids is 1. The van der Waals surface area contributed by atoms with Crippen LogP contribution in [0.1, 0.15) is 17.5 Å². The Morgan fingerprint density at radius 1 is 0.786 bits per heavy atom. The van der Waals surface area contributed by atoms with Crippen molar-refractivity contribution in [3.8, 4) is 0 Å². The fraction of sp³-hybridized carbons (Fsp3) is 0.286. The summed E-state index contributed by atoms with van der Waals surface area (Å²) in [5.74, 6) is -3.69. The Morgan fingerprint density at radius 3 is 1.68 bits per heavy atom. The molecule has 2 atom stereocenters. The summed E-state index contributed by atoms with van der Waals surface area (Å²) in [7, 11) is 0. The molecule has 0 saturated heterocycles. The summed E-state index contributed by atoms with van der Waals surface area (Å²) in [6, 6.07) is 18.5. The highest BCUT2D eigenvalue weighted by molar-refractivity contribution is 5.87. The van der Waals surface area contributed by atoms with Crippen LogP contribution >= 0.6 is 0 Å². The monoisotopic (exact) mass is 384 g/mol. The second-order valence-electron chi connectivity index (χ2n) is 6.50. The average molecular weight is 384 g/mol. The number of carbonyl (C=O) groups is 3. The zero-order valence-electron chi connectivity index (χ0n) is 15.4. The molecule has 4 N–H and O–H groups in total. The van der Waals surface area contributed by atoms with Crippen LogP contribution in [0.4, 0.5) is 0 Å². The minimum atomic E-state index is -1.02. The molecular formula is C21H24N2O5. The maximum absolute atomic E-state index is 12.8. The largest absolute Gasteiger partial charge is 0.481 e. The molecule has 7 nitrogen and oxygen atoms in total. The van der Waals surface area contributed by atoms with Gasteiger partial charge in [0.2, 0.25) is 11.8 Å². The van der Waals surface area contributed by atoms with Crippen LogP contribution in [0, 0.1) is 11.8 Å². The molecule has 0 heterocycles. The first-order valence-corrected chi connectivity index (χ1v) is 9.02. The summed E-state index contributed by atoms with van der Waals surface area (Å²) in [5, 5.41) is 20.6. The summed E-state index contributed by atoms with van der Waals surface area (Å²) < 4.78 is 0. The molecule has 0 bridgehead atoms. The molecule has 2 aromatic carbocycles. The Morgan fingerprint density at radius 2 is 1.25 bits per heavy atom. The van der Waals surface area contributed by atoms with Gasteiger partial charge in [-0.2, -0.15) is 0 Å². The molecule has 0 aliphatic rings. The normalized spacial score (nSPS) is 12.6. The van der Waals surface area contributed by atoms with E-state index in [0.717, 1.165) is 11.1 Å². The third-order valence-corrected chi connectivity index (χ3v) is 4.50. The summed E-state index contributed by atoms with van der Waals surface area (Å²) in [5.41, 5.74) is 3.39. The molecule has 0 saturated carbocycles. The van der Waals surface area contributed by atoms with Crippen molar-refractivity contribution in [2.45, 2.75) is 19.3 Å². The third kappa shape index (κ3) is 6.51. The minimum Gasteiger partial charge on any atom is -0.481 e. The molecule has 2 aromatic rings. The van der Waals surface area contributed by atoms with Crippen LogP contribution in [0.2, 0.25) is 0 Å². The Labute approximate surface area is 163 Å². The van der Waals surface area contributed by atoms with Crippen molar-refractivity contribution < 1.29 is 24.7 Å². The summed E-state index contributed by atoms with van der Waals surface area (Å²) in [4.78, 5) is 35.9. The molecular weight excluding hydrogens is 360 g/mol. The fourth-order valence-corrected chi connectivity index (χ4v) is 3.08. The van der Waals surface area contributed by atoms with E-state index in [9.17, 15) is 19.6 Å². The molecule has 0 aliphatic heterocycles. The zero-order valence-corrected chi connectivity index (χ0v) is 15.4. The maximum Gasteiger partial charge on any atom is 0.305 e. The molecule has 0 unspecified atom stereocenters. The van der Waals surface area contributed by atoms with Crippen LogP contribution in [0.5, 0.6) is 0 Å². The van der Waals surface area contributed by atoms with Crippen LogP contribution < -0.4 is 10.8 Å². The number of hydrogen-bond donors (Lipinski definition) is 4. The topological polar surface area (TPSA) is 116 Å². The molecule has 0 radical (unpaired) electrons. The van der Waals surface area contributed by atoms with Crippen molar-refractivity contribution in [1.29, 1.82) is 0 Å². The van der Waals surface area contributed by atoms with E-state index < -0.39 is 29.6 Å². The van der Waals surface area contributed by atoms with Gasteiger partial charge >= 0.3 is 5.97 Å². The fourth-order valence-electron chi connectivity index (χ4n) is 3.08. The molecule has 7 heteroatoms. The van der Waals surface area contributed by atoms with Crippen LogP contribution in [0.3, 0.4) is 0 Å². The van der Waals surface area contributed by atoms with Crippen molar-refractivity contribution in [2.75, 3.05) is 6.54 Å². The lowest BCUT2D eigenvalue weighted by Gasteiger charge is -2.25. The average Bonchev–Trinajstić information content (AvgIpc) is 2.71. The van der Waals surface area contributed by atoms with Crippen LogP contribution in [-0.4, -0.2) is 34.6 Å². The first kappa shape index (κ1) is 21.1. The standard InChI is InChI=1S/C21H24N2O5/c24-19(25)11-12-22-20(26)17(13-15-7-3-1-4-8-15)18(21(27)23-28)14-16-9-5-2-6-10-16/h1-10,17-18,28H,11-14H2,(H,22,26)(H,23,27)(H,24,25)/t17-,18-/m1/s1. The number of carbonyl (C=O) groups excluding carboxylic acids is 2. The molecule has 0 aromatic heterocycles. The number of nitrogens with one attached hydrogen (secondary N) is 2. The lowest BCUT2D eigenvalue weighted by Crippen LogP contribution is -2.44. The van der Waals surface area contributed by atoms with Gasteiger partial charge in [-0.3, -0.25) is 19.6 Å². The lowest BCUT2D eigenvalue weighted by molar-refractivity contribution is -0.140. The van der Waals surface area contributed by atoms with Gasteiger partial charge in [-0.25, -0.2) is 5.48 Å². The molecule has 148 valence electrons. The van der Waals surface area contributed by atoms with Gasteiger partial charge in [-0.05, 0) is 24.0 Å². The van der Waals surface area contributed by atoms with Gasteiger partial charge in [-0.1, -0.05) is 60.7 Å². The first-order chi connectivity index (χ1) is 13.5. The molecule has 0 spiro atoms. The van der Waals surface area contributed by atoms with Gasteiger partial charge < -0.3 is 10.4 Å². The lowest BCUT2D eigenvalue weighted by atomic mass is 9.81. The van der Waals surface area contributed by atoms with E-state index in [4.69, 9.17) is 5.11 Å². The van der Waals surface area contributed by atoms with Crippen LogP contribution in [0.25, 0.3) is 0 Å². The Hall–Kier alpha value is -3.19. The minimum absolute atomic E-state index is 0.0295. The van der Waals surface area contributed by atoms with Crippen molar-refractivity contribution in [3.05, 3.63) is 71.8 Å². The maximum atomic E-state index is 12.8. The molecule has 28 heavy (non-hydrogen) atoms.